The van der Waals surface area contributed by atoms with Crippen LogP contribution >= 0.6 is 0 Å². The molecule has 3 saturated heterocycles. The Balaban J connectivity index is 1.15. The molecule has 11 heteroatoms. The highest BCUT2D eigenvalue weighted by Crippen LogP contribution is 2.25. The number of rotatable bonds is 7. The second-order valence-electron chi connectivity index (χ2n) is 10.8. The number of carbonyl (C=O) groups excluding carboxylic acids is 2. The fraction of sp³-hybridized carbons (Fsp3) is 0.448. The van der Waals surface area contributed by atoms with E-state index in [9.17, 15) is 14.4 Å². The minimum Gasteiger partial charge on any atom is -0.380 e. The zero-order valence-corrected chi connectivity index (χ0v) is 22.5. The van der Waals surface area contributed by atoms with Gasteiger partial charge in [-0.1, -0.05) is 18.2 Å². The SMILES string of the molecule is Cc1nc2cccc(NCc3ccc(CN4CC(N5CCOCC5)C4)c(F)c3)c2c(=O)n1C1CCC(=O)NC1=O. The van der Waals surface area contributed by atoms with Gasteiger partial charge < -0.3 is 10.1 Å². The van der Waals surface area contributed by atoms with Gasteiger partial charge in [0.05, 0.1) is 24.1 Å². The summed E-state index contributed by atoms with van der Waals surface area (Å²) >= 11 is 0. The largest absolute Gasteiger partial charge is 0.380 e. The lowest BCUT2D eigenvalue weighted by Crippen LogP contribution is -2.60. The fourth-order valence-electron chi connectivity index (χ4n) is 5.91. The number of fused-ring (bicyclic) bond motifs is 1. The number of benzene rings is 2. The van der Waals surface area contributed by atoms with Gasteiger partial charge >= 0.3 is 0 Å². The number of likely N-dealkylation sites (tertiary alicyclic amines) is 1. The number of anilines is 1. The number of aromatic nitrogens is 2. The summed E-state index contributed by atoms with van der Waals surface area (Å²) in [6.07, 6.45) is 0.402. The van der Waals surface area contributed by atoms with Gasteiger partial charge in [-0.05, 0) is 37.1 Å². The molecule has 3 aliphatic rings. The molecule has 3 aliphatic heterocycles. The van der Waals surface area contributed by atoms with Crippen molar-refractivity contribution in [1.29, 1.82) is 0 Å². The van der Waals surface area contributed by atoms with E-state index in [1.54, 1.807) is 25.1 Å². The van der Waals surface area contributed by atoms with E-state index in [2.05, 4.69) is 25.4 Å². The minimum atomic E-state index is -0.799. The van der Waals surface area contributed by atoms with Crippen molar-refractivity contribution < 1.29 is 18.7 Å². The van der Waals surface area contributed by atoms with Crippen LogP contribution < -0.4 is 16.2 Å². The van der Waals surface area contributed by atoms with Gasteiger partial charge in [0.25, 0.3) is 5.56 Å². The van der Waals surface area contributed by atoms with Gasteiger partial charge in [0, 0.05) is 63.0 Å². The second-order valence-corrected chi connectivity index (χ2v) is 10.8. The molecule has 3 fully saturated rings. The third-order valence-electron chi connectivity index (χ3n) is 8.12. The molecule has 2 amide bonds. The van der Waals surface area contributed by atoms with Gasteiger partial charge in [-0.3, -0.25) is 34.1 Å². The van der Waals surface area contributed by atoms with Crippen molar-refractivity contribution in [3.05, 3.63) is 69.5 Å². The summed E-state index contributed by atoms with van der Waals surface area (Å²) in [5, 5.41) is 5.92. The number of piperidine rings is 1. The molecule has 0 bridgehead atoms. The van der Waals surface area contributed by atoms with E-state index in [1.807, 2.05) is 12.1 Å². The van der Waals surface area contributed by atoms with E-state index in [0.29, 0.717) is 47.1 Å². The Bertz CT molecular complexity index is 1510. The van der Waals surface area contributed by atoms with Crippen molar-refractivity contribution in [3.8, 4) is 0 Å². The van der Waals surface area contributed by atoms with Crippen molar-refractivity contribution in [2.45, 2.75) is 44.9 Å². The summed E-state index contributed by atoms with van der Waals surface area (Å²) in [6, 6.07) is 10.3. The van der Waals surface area contributed by atoms with Crippen LogP contribution in [0.3, 0.4) is 0 Å². The van der Waals surface area contributed by atoms with Crippen molar-refractivity contribution in [2.75, 3.05) is 44.7 Å². The number of amides is 2. The molecule has 4 heterocycles. The first-order valence-corrected chi connectivity index (χ1v) is 13.8. The first kappa shape index (κ1) is 26.5. The van der Waals surface area contributed by atoms with Gasteiger partial charge in [0.1, 0.15) is 17.7 Å². The normalized spacial score (nSPS) is 20.9. The van der Waals surface area contributed by atoms with Crippen LogP contribution in [0.1, 0.15) is 35.8 Å². The summed E-state index contributed by atoms with van der Waals surface area (Å²) < 4.78 is 21.8. The van der Waals surface area contributed by atoms with Crippen molar-refractivity contribution >= 4 is 28.4 Å². The predicted molar refractivity (Wildman–Crippen MR) is 147 cm³/mol. The van der Waals surface area contributed by atoms with Crippen LogP contribution in [0.15, 0.2) is 41.2 Å². The number of nitrogens with zero attached hydrogens (tertiary/aromatic N) is 4. The van der Waals surface area contributed by atoms with E-state index in [-0.39, 0.29) is 30.1 Å². The number of imide groups is 1. The molecule has 210 valence electrons. The first-order chi connectivity index (χ1) is 19.4. The molecule has 0 spiro atoms. The number of carbonyl (C=O) groups is 2. The Morgan fingerprint density at radius 2 is 1.93 bits per heavy atom. The van der Waals surface area contributed by atoms with Crippen molar-refractivity contribution in [3.63, 3.8) is 0 Å². The number of aryl methyl sites for hydroxylation is 1. The van der Waals surface area contributed by atoms with Gasteiger partial charge in [-0.15, -0.1) is 0 Å². The Morgan fingerprint density at radius 3 is 2.67 bits per heavy atom. The topological polar surface area (TPSA) is 109 Å². The summed E-state index contributed by atoms with van der Waals surface area (Å²) in [7, 11) is 0. The summed E-state index contributed by atoms with van der Waals surface area (Å²) in [4.78, 5) is 47.0. The standard InChI is InChI=1S/C29H33FN6O4/c1-18-32-24-4-2-3-23(27(24)29(39)36(18)25-7-8-26(37)33-28(25)38)31-14-19-5-6-20(22(30)13-19)15-34-16-21(17-34)35-9-11-40-12-10-35/h2-6,13,21,25,31H,7-12,14-17H2,1H3,(H,33,37,38). The molecule has 0 aliphatic carbocycles. The molecule has 0 saturated carbocycles. The lowest BCUT2D eigenvalue weighted by Gasteiger charge is -2.46. The molecule has 3 aromatic rings. The molecule has 1 atom stereocenters. The second kappa shape index (κ2) is 11.1. The number of halogens is 1. The van der Waals surface area contributed by atoms with E-state index in [0.717, 1.165) is 45.0 Å². The highest BCUT2D eigenvalue weighted by Gasteiger charge is 2.33. The van der Waals surface area contributed by atoms with E-state index >= 15 is 4.39 Å². The van der Waals surface area contributed by atoms with Crippen molar-refractivity contribution in [1.82, 2.24) is 24.7 Å². The number of hydrogen-bond acceptors (Lipinski definition) is 8. The number of ether oxygens (including phenoxy) is 1. The van der Waals surface area contributed by atoms with E-state index in [4.69, 9.17) is 4.74 Å². The quantitative estimate of drug-likeness (QED) is 0.432. The minimum absolute atomic E-state index is 0.161. The molecule has 2 aromatic carbocycles. The number of morpholine rings is 1. The highest BCUT2D eigenvalue weighted by molar-refractivity contribution is 5.99. The van der Waals surface area contributed by atoms with Crippen LogP contribution in [-0.4, -0.2) is 76.6 Å². The molecule has 10 nitrogen and oxygen atoms in total. The maximum Gasteiger partial charge on any atom is 0.264 e. The van der Waals surface area contributed by atoms with Crippen LogP contribution in [-0.2, 0) is 27.4 Å². The summed E-state index contributed by atoms with van der Waals surface area (Å²) in [5.74, 6) is -0.688. The van der Waals surface area contributed by atoms with E-state index < -0.39 is 11.9 Å². The fourth-order valence-corrected chi connectivity index (χ4v) is 5.91. The van der Waals surface area contributed by atoms with Crippen LogP contribution in [0.2, 0.25) is 0 Å². The molecular formula is C29H33FN6O4. The average Bonchev–Trinajstić information content (AvgIpc) is 2.91. The van der Waals surface area contributed by atoms with Crippen LogP contribution in [0.5, 0.6) is 0 Å². The zero-order chi connectivity index (χ0) is 27.8. The third-order valence-corrected chi connectivity index (χ3v) is 8.12. The molecule has 1 aromatic heterocycles. The molecule has 1 unspecified atom stereocenters. The Kier molecular flexibility index (Phi) is 7.35. The van der Waals surface area contributed by atoms with Gasteiger partial charge in [0.2, 0.25) is 11.8 Å². The Morgan fingerprint density at radius 1 is 1.12 bits per heavy atom. The Labute approximate surface area is 231 Å². The Hall–Kier alpha value is -3.67. The molecule has 0 radical (unpaired) electrons. The number of nitrogens with one attached hydrogen (secondary N) is 2. The van der Waals surface area contributed by atoms with Crippen LogP contribution in [0.25, 0.3) is 10.9 Å². The van der Waals surface area contributed by atoms with E-state index in [1.165, 1.54) is 10.6 Å². The molecular weight excluding hydrogens is 515 g/mol. The van der Waals surface area contributed by atoms with Crippen LogP contribution in [0, 0.1) is 12.7 Å². The summed E-state index contributed by atoms with van der Waals surface area (Å²) in [5.41, 5.74) is 2.11. The third kappa shape index (κ3) is 5.24. The maximum atomic E-state index is 15.0. The average molecular weight is 549 g/mol. The van der Waals surface area contributed by atoms with Gasteiger partial charge in [-0.2, -0.15) is 0 Å². The smallest absolute Gasteiger partial charge is 0.264 e. The van der Waals surface area contributed by atoms with Crippen molar-refractivity contribution in [2.24, 2.45) is 0 Å². The lowest BCUT2D eigenvalue weighted by atomic mass is 10.0. The van der Waals surface area contributed by atoms with Gasteiger partial charge in [0.15, 0.2) is 0 Å². The maximum absolute atomic E-state index is 15.0. The first-order valence-electron chi connectivity index (χ1n) is 13.8. The molecule has 40 heavy (non-hydrogen) atoms. The monoisotopic (exact) mass is 548 g/mol. The molecule has 6 rings (SSSR count). The lowest BCUT2D eigenvalue weighted by molar-refractivity contribution is -0.135. The predicted octanol–water partition coefficient (Wildman–Crippen LogP) is 1.95. The molecule has 2 N–H and O–H groups in total. The number of hydrogen-bond donors (Lipinski definition) is 2. The van der Waals surface area contributed by atoms with Gasteiger partial charge in [-0.25, -0.2) is 9.37 Å². The summed E-state index contributed by atoms with van der Waals surface area (Å²) in [6.45, 7) is 7.94. The zero-order valence-electron chi connectivity index (χ0n) is 22.5. The van der Waals surface area contributed by atoms with Crippen LogP contribution in [0.4, 0.5) is 10.1 Å². The highest BCUT2D eigenvalue weighted by atomic mass is 19.1.